The van der Waals surface area contributed by atoms with E-state index in [1.54, 1.807) is 41.7 Å². The van der Waals surface area contributed by atoms with Crippen molar-refractivity contribution in [2.24, 2.45) is 0 Å². The van der Waals surface area contributed by atoms with Crippen LogP contribution in [0.4, 0.5) is 11.4 Å². The molecule has 1 atom stereocenters. The zero-order chi connectivity index (χ0) is 26.7. The maximum absolute atomic E-state index is 13.3. The van der Waals surface area contributed by atoms with Crippen LogP contribution in [-0.2, 0) is 10.3 Å². The van der Waals surface area contributed by atoms with Crippen LogP contribution in [0, 0.1) is 11.3 Å². The van der Waals surface area contributed by atoms with Crippen molar-refractivity contribution in [1.82, 2.24) is 20.1 Å². The van der Waals surface area contributed by atoms with Gasteiger partial charge in [0.2, 0.25) is 0 Å². The molecule has 2 N–H and O–H groups in total. The summed E-state index contributed by atoms with van der Waals surface area (Å²) in [5.41, 5.74) is 2.93. The first-order valence-corrected chi connectivity index (χ1v) is 12.8. The fourth-order valence-corrected chi connectivity index (χ4v) is 5.22. The Balaban J connectivity index is 0.00000130. The van der Waals surface area contributed by atoms with Gasteiger partial charge in [-0.3, -0.25) is 19.5 Å². The molecule has 4 heterocycles. The van der Waals surface area contributed by atoms with Gasteiger partial charge in [-0.15, -0.1) is 0 Å². The van der Waals surface area contributed by atoms with Crippen molar-refractivity contribution in [1.29, 1.82) is 5.26 Å². The summed E-state index contributed by atoms with van der Waals surface area (Å²) in [4.78, 5) is 36.0. The standard InChI is InChI=1S/C26H29N7O2.C2H6.H2/c1-26(2)22-12-17(14-27)4-5-21(22)24(34)33(26)20-13-19(15-28-16-20)30-18-6-9-32(10-7-18)25(35)23-29-8-11-31(23)3;1-2;/h4-5,8,11-13,15-16,18,23,29-30H,6-7,9-10H2,1-3H3;1-2H3;1H. The third-order valence-electron chi connectivity index (χ3n) is 7.16. The first kappa shape index (κ1) is 26.0. The van der Waals surface area contributed by atoms with Crippen molar-refractivity contribution in [2.45, 2.75) is 58.3 Å². The molecule has 0 spiro atoms. The van der Waals surface area contributed by atoms with E-state index in [1.807, 2.05) is 56.8 Å². The second-order valence-corrected chi connectivity index (χ2v) is 9.80. The lowest BCUT2D eigenvalue weighted by molar-refractivity contribution is -0.136. The molecule has 1 fully saturated rings. The maximum atomic E-state index is 13.3. The van der Waals surface area contributed by atoms with Crippen molar-refractivity contribution in [3.05, 3.63) is 65.7 Å². The summed E-state index contributed by atoms with van der Waals surface area (Å²) in [7, 11) is 1.89. The number of rotatable bonds is 4. The van der Waals surface area contributed by atoms with Crippen molar-refractivity contribution in [2.75, 3.05) is 30.4 Å². The minimum atomic E-state index is -0.610. The highest BCUT2D eigenvalue weighted by Gasteiger charge is 2.44. The molecule has 37 heavy (non-hydrogen) atoms. The van der Waals surface area contributed by atoms with Crippen LogP contribution in [0.15, 0.2) is 49.1 Å². The van der Waals surface area contributed by atoms with Crippen molar-refractivity contribution in [3.8, 4) is 6.07 Å². The Kier molecular flexibility index (Phi) is 7.39. The number of benzene rings is 1. The normalized spacial score (nSPS) is 20.1. The quantitative estimate of drug-likeness (QED) is 0.653. The van der Waals surface area contributed by atoms with Crippen LogP contribution < -0.4 is 15.5 Å². The number of nitrogens with one attached hydrogen (secondary N) is 2. The number of likely N-dealkylation sites (tertiary alicyclic amines) is 1. The second-order valence-electron chi connectivity index (χ2n) is 9.80. The Hall–Kier alpha value is -4.06. The lowest BCUT2D eigenvalue weighted by Crippen LogP contribution is -2.52. The number of hydrogen-bond donors (Lipinski definition) is 2. The summed E-state index contributed by atoms with van der Waals surface area (Å²) in [6.07, 6.45) is 8.46. The molecule has 3 aliphatic heterocycles. The average molecular weight is 504 g/mol. The predicted molar refractivity (Wildman–Crippen MR) is 146 cm³/mol. The van der Waals surface area contributed by atoms with Gasteiger partial charge in [0.25, 0.3) is 11.8 Å². The van der Waals surface area contributed by atoms with Gasteiger partial charge in [0, 0.05) is 45.6 Å². The summed E-state index contributed by atoms with van der Waals surface area (Å²) in [5, 5.41) is 15.9. The molecule has 0 radical (unpaired) electrons. The van der Waals surface area contributed by atoms with Gasteiger partial charge in [0.1, 0.15) is 0 Å². The number of carbonyl (C=O) groups excluding carboxylic acids is 2. The largest absolute Gasteiger partial charge is 0.381 e. The van der Waals surface area contributed by atoms with E-state index in [0.29, 0.717) is 29.9 Å². The number of likely N-dealkylation sites (N-methyl/N-ethyl adjacent to an activating group) is 1. The number of pyridine rings is 1. The van der Waals surface area contributed by atoms with Gasteiger partial charge in [-0.2, -0.15) is 5.26 Å². The van der Waals surface area contributed by atoms with Crippen molar-refractivity contribution in [3.63, 3.8) is 0 Å². The van der Waals surface area contributed by atoms with E-state index in [9.17, 15) is 14.9 Å². The third-order valence-corrected chi connectivity index (χ3v) is 7.16. The number of anilines is 2. The minimum absolute atomic E-state index is 0. The molecule has 196 valence electrons. The van der Waals surface area contributed by atoms with Crippen LogP contribution in [0.3, 0.4) is 0 Å². The molecule has 0 saturated carbocycles. The summed E-state index contributed by atoms with van der Waals surface area (Å²) in [5.74, 6) is -0.00578. The van der Waals surface area contributed by atoms with E-state index in [1.165, 1.54) is 0 Å². The molecule has 2 aromatic rings. The molecular formula is C28H37N7O2. The molecule has 5 rings (SSSR count). The molecule has 2 amide bonds. The highest BCUT2D eigenvalue weighted by atomic mass is 16.2. The van der Waals surface area contributed by atoms with Crippen molar-refractivity contribution < 1.29 is 11.0 Å². The molecule has 3 aliphatic rings. The molecule has 9 nitrogen and oxygen atoms in total. The first-order valence-electron chi connectivity index (χ1n) is 12.8. The zero-order valence-corrected chi connectivity index (χ0v) is 22.2. The number of nitrogens with zero attached hydrogens (tertiary/aromatic N) is 5. The fourth-order valence-electron chi connectivity index (χ4n) is 5.22. The Morgan fingerprint density at radius 3 is 2.59 bits per heavy atom. The highest BCUT2D eigenvalue weighted by molar-refractivity contribution is 6.12. The van der Waals surface area contributed by atoms with Gasteiger partial charge in [-0.1, -0.05) is 13.8 Å². The van der Waals surface area contributed by atoms with E-state index < -0.39 is 5.54 Å². The smallest absolute Gasteiger partial charge is 0.265 e. The number of piperidine rings is 1. The average Bonchev–Trinajstić information content (AvgIpc) is 3.43. The number of aromatic nitrogens is 1. The molecule has 1 aromatic carbocycles. The molecule has 1 unspecified atom stereocenters. The topological polar surface area (TPSA) is 105 Å². The van der Waals surface area contributed by atoms with Gasteiger partial charge in [0.15, 0.2) is 6.17 Å². The second kappa shape index (κ2) is 10.5. The summed E-state index contributed by atoms with van der Waals surface area (Å²) in [6, 6.07) is 9.53. The van der Waals surface area contributed by atoms with Gasteiger partial charge in [-0.25, -0.2) is 0 Å². The van der Waals surface area contributed by atoms with Crippen molar-refractivity contribution >= 4 is 23.2 Å². The van der Waals surface area contributed by atoms with Crippen LogP contribution >= 0.6 is 0 Å². The molecule has 0 bridgehead atoms. The highest BCUT2D eigenvalue weighted by Crippen LogP contribution is 2.42. The van der Waals surface area contributed by atoms with Crippen LogP contribution in [0.5, 0.6) is 0 Å². The number of carbonyl (C=O) groups is 2. The van der Waals surface area contributed by atoms with Gasteiger partial charge >= 0.3 is 0 Å². The zero-order valence-electron chi connectivity index (χ0n) is 22.2. The van der Waals surface area contributed by atoms with E-state index >= 15 is 0 Å². The Labute approximate surface area is 220 Å². The summed E-state index contributed by atoms with van der Waals surface area (Å²) >= 11 is 0. The van der Waals surface area contributed by atoms with Gasteiger partial charge < -0.3 is 20.4 Å². The molecule has 9 heteroatoms. The van der Waals surface area contributed by atoms with E-state index in [0.717, 1.165) is 24.1 Å². The maximum Gasteiger partial charge on any atom is 0.265 e. The Bertz CT molecular complexity index is 1250. The predicted octanol–water partition coefficient (Wildman–Crippen LogP) is 3.86. The van der Waals surface area contributed by atoms with Crippen LogP contribution in [0.1, 0.15) is 63.4 Å². The third kappa shape index (κ3) is 4.84. The monoisotopic (exact) mass is 503 g/mol. The minimum Gasteiger partial charge on any atom is -0.381 e. The van der Waals surface area contributed by atoms with E-state index in [-0.39, 0.29) is 25.4 Å². The molecule has 1 aromatic heterocycles. The number of amides is 2. The van der Waals surface area contributed by atoms with Crippen LogP contribution in [-0.4, -0.2) is 58.9 Å². The Morgan fingerprint density at radius 1 is 1.22 bits per heavy atom. The molecule has 1 saturated heterocycles. The first-order chi connectivity index (χ1) is 17.8. The Morgan fingerprint density at radius 2 is 1.95 bits per heavy atom. The number of hydrogen-bond acceptors (Lipinski definition) is 7. The molecular weight excluding hydrogens is 466 g/mol. The number of nitriles is 1. The molecule has 0 aliphatic carbocycles. The van der Waals surface area contributed by atoms with E-state index in [2.05, 4.69) is 21.7 Å². The van der Waals surface area contributed by atoms with Crippen LogP contribution in [0.25, 0.3) is 0 Å². The fraction of sp³-hybridized carbons (Fsp3) is 0.429. The number of fused-ring (bicyclic) bond motifs is 1. The lowest BCUT2D eigenvalue weighted by Gasteiger charge is -2.36. The SMILES string of the molecule is CC.CN1C=CNC1C(=O)N1CCC(Nc2cncc(N3C(=O)c4ccc(C#N)cc4C3(C)C)c2)CC1.[HH]. The van der Waals surface area contributed by atoms with Gasteiger partial charge in [0.05, 0.1) is 40.9 Å². The lowest BCUT2D eigenvalue weighted by atomic mass is 9.92. The summed E-state index contributed by atoms with van der Waals surface area (Å²) in [6.45, 7) is 9.33. The van der Waals surface area contributed by atoms with Crippen LogP contribution in [0.2, 0.25) is 0 Å². The van der Waals surface area contributed by atoms with E-state index in [4.69, 9.17) is 0 Å². The summed E-state index contributed by atoms with van der Waals surface area (Å²) < 4.78 is 0. The van der Waals surface area contributed by atoms with Gasteiger partial charge in [-0.05, 0) is 56.5 Å².